The van der Waals surface area contributed by atoms with Gasteiger partial charge in [-0.25, -0.2) is 4.98 Å². The van der Waals surface area contributed by atoms with Crippen LogP contribution in [-0.4, -0.2) is 10.1 Å². The number of anilines is 1. The molecule has 2 aromatic heterocycles. The van der Waals surface area contributed by atoms with Crippen molar-refractivity contribution in [2.75, 3.05) is 5.73 Å². The van der Waals surface area contributed by atoms with Gasteiger partial charge in [0.25, 0.3) is 0 Å². The Hall–Kier alpha value is -0.880. The third-order valence-electron chi connectivity index (χ3n) is 2.31. The second-order valence-electron chi connectivity index (χ2n) is 3.65. The third kappa shape index (κ3) is 4.10. The molecule has 0 atom stereocenters. The van der Waals surface area contributed by atoms with Crippen LogP contribution in [-0.2, 0) is 13.2 Å². The van der Waals surface area contributed by atoms with E-state index in [1.54, 1.807) is 0 Å². The molecule has 0 radical (unpaired) electrons. The van der Waals surface area contributed by atoms with Gasteiger partial charge in [0, 0.05) is 5.69 Å². The van der Waals surface area contributed by atoms with Crippen LogP contribution in [0, 0.1) is 6.92 Å². The van der Waals surface area contributed by atoms with Crippen LogP contribution < -0.4 is 22.7 Å². The largest absolute Gasteiger partial charge is 1.00 e. The molecule has 0 aliphatic rings. The van der Waals surface area contributed by atoms with Gasteiger partial charge in [-0.1, -0.05) is 11.3 Å². The monoisotopic (exact) mass is 307 g/mol. The van der Waals surface area contributed by atoms with E-state index < -0.39 is 0 Å². The fourth-order valence-electron chi connectivity index (χ4n) is 1.48. The van der Waals surface area contributed by atoms with E-state index in [1.807, 2.05) is 35.3 Å². The Morgan fingerprint density at radius 2 is 2.17 bits per heavy atom. The summed E-state index contributed by atoms with van der Waals surface area (Å²) in [4.78, 5) is 5.16. The summed E-state index contributed by atoms with van der Waals surface area (Å²) in [5.74, 6) is 0.573. The number of nitrogens with two attached hydrogens (primary N) is 1. The molecule has 0 amide bonds. The maximum absolute atomic E-state index is 8.97. The van der Waals surface area contributed by atoms with Crippen molar-refractivity contribution in [2.24, 2.45) is 0 Å². The van der Waals surface area contributed by atoms with Crippen molar-refractivity contribution < 1.29 is 22.1 Å². The van der Waals surface area contributed by atoms with E-state index in [0.29, 0.717) is 12.4 Å². The topological polar surface area (TPSA) is 63.0 Å². The van der Waals surface area contributed by atoms with Crippen LogP contribution in [0.5, 0.6) is 0 Å². The third-order valence-corrected chi connectivity index (χ3v) is 3.22. The quantitative estimate of drug-likeness (QED) is 0.664. The molecule has 0 bridgehead atoms. The Kier molecular flexibility index (Phi) is 7.16. The Balaban J connectivity index is 0.00000144. The predicted molar refractivity (Wildman–Crippen MR) is 70.2 cm³/mol. The highest BCUT2D eigenvalue weighted by Gasteiger charge is 2.10. The number of hydrogen-bond donors (Lipinski definition) is 2. The fourth-order valence-corrected chi connectivity index (χ4v) is 2.16. The Bertz CT molecular complexity index is 505. The van der Waals surface area contributed by atoms with Gasteiger partial charge in [-0.3, -0.25) is 0 Å². The maximum Gasteiger partial charge on any atom is 0.225 e. The molecule has 2 heterocycles. The molecule has 0 fully saturated rings. The Morgan fingerprint density at radius 1 is 1.44 bits per heavy atom. The van der Waals surface area contributed by atoms with E-state index in [2.05, 4.69) is 4.98 Å². The zero-order valence-electron chi connectivity index (χ0n) is 9.84. The molecule has 2 aromatic rings. The zero-order valence-corrected chi connectivity index (χ0v) is 12.2. The summed E-state index contributed by atoms with van der Waals surface area (Å²) in [6.45, 7) is 2.69. The average molecular weight is 308 g/mol. The average Bonchev–Trinajstić information content (AvgIpc) is 2.70. The summed E-state index contributed by atoms with van der Waals surface area (Å²) in [6, 6.07) is 3.94. The molecule has 0 saturated heterocycles. The van der Waals surface area contributed by atoms with Gasteiger partial charge in [0.2, 0.25) is 5.51 Å². The van der Waals surface area contributed by atoms with Gasteiger partial charge in [0.15, 0.2) is 12.7 Å². The summed E-state index contributed by atoms with van der Waals surface area (Å²) in [6.07, 6.45) is 1.92. The lowest BCUT2D eigenvalue weighted by molar-refractivity contribution is -0.683. The molecule has 100 valence electrons. The minimum Gasteiger partial charge on any atom is -1.00 e. The van der Waals surface area contributed by atoms with Gasteiger partial charge in [-0.05, 0) is 19.1 Å². The lowest BCUT2D eigenvalue weighted by atomic mass is 10.2. The molecule has 0 saturated carbocycles. The second-order valence-corrected chi connectivity index (χ2v) is 4.62. The van der Waals surface area contributed by atoms with Crippen LogP contribution in [0.15, 0.2) is 23.8 Å². The lowest BCUT2D eigenvalue weighted by Crippen LogP contribution is -3.00. The lowest BCUT2D eigenvalue weighted by Gasteiger charge is -2.01. The van der Waals surface area contributed by atoms with Gasteiger partial charge >= 0.3 is 0 Å². The molecule has 2 rings (SSSR count). The van der Waals surface area contributed by atoms with Crippen LogP contribution in [0.3, 0.4) is 0 Å². The van der Waals surface area contributed by atoms with Crippen molar-refractivity contribution in [1.82, 2.24) is 4.98 Å². The van der Waals surface area contributed by atoms with Crippen LogP contribution in [0.2, 0.25) is 0 Å². The summed E-state index contributed by atoms with van der Waals surface area (Å²) < 4.78 is 2.00. The zero-order chi connectivity index (χ0) is 11.5. The Labute approximate surface area is 122 Å². The van der Waals surface area contributed by atoms with Crippen LogP contribution in [0.1, 0.15) is 16.1 Å². The van der Waals surface area contributed by atoms with Gasteiger partial charge in [0.05, 0.1) is 17.0 Å². The van der Waals surface area contributed by atoms with Crippen molar-refractivity contribution in [3.05, 3.63) is 40.0 Å². The highest BCUT2D eigenvalue weighted by molar-refractivity contribution is 7.09. The van der Waals surface area contributed by atoms with Crippen molar-refractivity contribution in [3.8, 4) is 0 Å². The molecule has 0 spiro atoms. The smallest absolute Gasteiger partial charge is 0.225 e. The first kappa shape index (κ1) is 17.1. The molecule has 3 N–H and O–H groups in total. The number of hydrogen-bond acceptors (Lipinski definition) is 4. The van der Waals surface area contributed by atoms with Gasteiger partial charge in [0.1, 0.15) is 5.82 Å². The number of aromatic nitrogens is 2. The van der Waals surface area contributed by atoms with Gasteiger partial charge < -0.3 is 23.2 Å². The summed E-state index contributed by atoms with van der Waals surface area (Å²) in [5.41, 5.74) is 9.72. The number of thiazole rings is 1. The van der Waals surface area contributed by atoms with E-state index >= 15 is 0 Å². The number of aryl methyl sites for hydroxylation is 1. The molecule has 18 heavy (non-hydrogen) atoms. The number of aliphatic hydroxyl groups excluding tert-OH is 1. The molecule has 0 unspecified atom stereocenters. The van der Waals surface area contributed by atoms with E-state index in [-0.39, 0.29) is 31.4 Å². The first-order chi connectivity index (χ1) is 7.69. The van der Waals surface area contributed by atoms with Crippen LogP contribution in [0.4, 0.5) is 5.82 Å². The predicted octanol–water partition coefficient (Wildman–Crippen LogP) is -1.71. The van der Waals surface area contributed by atoms with Crippen LogP contribution in [0.25, 0.3) is 0 Å². The standard InChI is InChI=1S/C11H14N3OS.2ClH/c1-8-2-3-9(11(12)13-8)4-14-5-10(6-15)16-7-14;;/h2-3,5,7,15H,4,6H2,1H3,(H2,12,13);2*1H/q+1;;/p-1. The van der Waals surface area contributed by atoms with E-state index in [4.69, 9.17) is 10.8 Å². The minimum atomic E-state index is 0. The fraction of sp³-hybridized carbons (Fsp3) is 0.273. The van der Waals surface area contributed by atoms with E-state index in [0.717, 1.165) is 16.1 Å². The molecule has 7 heteroatoms. The molecule has 4 nitrogen and oxygen atoms in total. The van der Waals surface area contributed by atoms with Crippen molar-refractivity contribution >= 4 is 29.6 Å². The SMILES string of the molecule is Cc1ccc(C[n+]2csc(CO)c2)c(N)n1.Cl.[Cl-]. The normalized spacial score (nSPS) is 9.44. The summed E-state index contributed by atoms with van der Waals surface area (Å²) in [5, 5.41) is 8.97. The first-order valence-corrected chi connectivity index (χ1v) is 5.86. The maximum atomic E-state index is 8.97. The number of aliphatic hydroxyl groups is 1. The van der Waals surface area contributed by atoms with Crippen molar-refractivity contribution in [2.45, 2.75) is 20.1 Å². The highest BCUT2D eigenvalue weighted by Crippen LogP contribution is 2.10. The van der Waals surface area contributed by atoms with Gasteiger partial charge in [-0.2, -0.15) is 4.57 Å². The number of pyridine rings is 1. The van der Waals surface area contributed by atoms with Crippen molar-refractivity contribution in [3.63, 3.8) is 0 Å². The summed E-state index contributed by atoms with van der Waals surface area (Å²) >= 11 is 1.53. The van der Waals surface area contributed by atoms with E-state index in [1.165, 1.54) is 11.3 Å². The molecular weight excluding hydrogens is 293 g/mol. The minimum absolute atomic E-state index is 0. The summed E-state index contributed by atoms with van der Waals surface area (Å²) in [7, 11) is 0. The Morgan fingerprint density at radius 3 is 2.72 bits per heavy atom. The molecular formula is C11H15Cl2N3OS. The number of nitrogens with zero attached hydrogens (tertiary/aromatic N) is 2. The van der Waals surface area contributed by atoms with Crippen molar-refractivity contribution in [1.29, 1.82) is 0 Å². The number of rotatable bonds is 3. The van der Waals surface area contributed by atoms with E-state index in [9.17, 15) is 0 Å². The van der Waals surface area contributed by atoms with Crippen LogP contribution >= 0.6 is 23.7 Å². The first-order valence-electron chi connectivity index (χ1n) is 4.98. The van der Waals surface area contributed by atoms with Gasteiger partial charge in [-0.15, -0.1) is 12.4 Å². The molecule has 0 aromatic carbocycles. The number of halogens is 2. The molecule has 0 aliphatic carbocycles. The molecule has 0 aliphatic heterocycles. The second kappa shape index (κ2) is 7.53. The number of nitrogen functional groups attached to an aromatic ring is 1. The highest BCUT2D eigenvalue weighted by atomic mass is 35.5.